The third-order valence-corrected chi connectivity index (χ3v) is 7.48. The maximum absolute atomic E-state index is 13.3. The van der Waals surface area contributed by atoms with Crippen LogP contribution in [0.5, 0.6) is 0 Å². The minimum atomic E-state index is -3.77. The van der Waals surface area contributed by atoms with E-state index in [-0.39, 0.29) is 29.0 Å². The Morgan fingerprint density at radius 1 is 1.35 bits per heavy atom. The minimum absolute atomic E-state index is 0.0327. The van der Waals surface area contributed by atoms with Gasteiger partial charge in [0.1, 0.15) is 5.82 Å². The van der Waals surface area contributed by atoms with E-state index in [1.807, 2.05) is 0 Å². The van der Waals surface area contributed by atoms with Crippen molar-refractivity contribution in [2.75, 3.05) is 19.7 Å². The first-order valence-electron chi connectivity index (χ1n) is 8.91. The molecule has 144 valence electrons. The Morgan fingerprint density at radius 2 is 2.00 bits per heavy atom. The molecule has 0 amide bonds. The fraction of sp³-hybridized carbons (Fsp3) is 0.611. The minimum Gasteiger partial charge on any atom is -0.466 e. The lowest BCUT2D eigenvalue weighted by molar-refractivity contribution is -0.159. The number of sulfonamides is 1. The molecule has 26 heavy (non-hydrogen) atoms. The zero-order valence-corrected chi connectivity index (χ0v) is 16.3. The fourth-order valence-electron chi connectivity index (χ4n) is 3.59. The molecule has 8 heteroatoms. The summed E-state index contributed by atoms with van der Waals surface area (Å²) < 4.78 is 45.6. The van der Waals surface area contributed by atoms with Crippen molar-refractivity contribution in [1.82, 2.24) is 4.31 Å². The van der Waals surface area contributed by atoms with Crippen molar-refractivity contribution in [3.63, 3.8) is 0 Å². The van der Waals surface area contributed by atoms with Crippen molar-refractivity contribution in [2.45, 2.75) is 43.9 Å². The first kappa shape index (κ1) is 19.6. The van der Waals surface area contributed by atoms with Crippen LogP contribution in [0.25, 0.3) is 0 Å². The van der Waals surface area contributed by atoms with Crippen LogP contribution in [0, 0.1) is 17.2 Å². The molecule has 0 radical (unpaired) electrons. The van der Waals surface area contributed by atoms with Crippen LogP contribution in [0.2, 0.25) is 5.02 Å². The van der Waals surface area contributed by atoms with Gasteiger partial charge in [-0.15, -0.1) is 0 Å². The molecule has 5 nitrogen and oxygen atoms in total. The lowest BCUT2D eigenvalue weighted by atomic mass is 9.74. The number of carbonyl (C=O) groups is 1. The Hall–Kier alpha value is -1.18. The van der Waals surface area contributed by atoms with Crippen LogP contribution in [0.4, 0.5) is 4.39 Å². The Kier molecular flexibility index (Phi) is 5.61. The van der Waals surface area contributed by atoms with E-state index >= 15 is 0 Å². The van der Waals surface area contributed by atoms with Crippen molar-refractivity contribution in [2.24, 2.45) is 11.3 Å². The molecule has 1 aliphatic carbocycles. The van der Waals surface area contributed by atoms with Gasteiger partial charge in [-0.25, -0.2) is 12.8 Å². The summed E-state index contributed by atoms with van der Waals surface area (Å²) >= 11 is 5.73. The summed E-state index contributed by atoms with van der Waals surface area (Å²) in [5, 5.41) is -0.224. The molecule has 0 unspecified atom stereocenters. The Labute approximate surface area is 158 Å². The number of ether oxygens (including phenoxy) is 1. The zero-order valence-electron chi connectivity index (χ0n) is 14.7. The molecule has 1 saturated carbocycles. The summed E-state index contributed by atoms with van der Waals surface area (Å²) in [7, 11) is -3.77. The average Bonchev–Trinajstić information content (AvgIpc) is 3.41. The maximum atomic E-state index is 13.3. The summed E-state index contributed by atoms with van der Waals surface area (Å²) in [5.74, 6) is -0.331. The van der Waals surface area contributed by atoms with Crippen molar-refractivity contribution >= 4 is 27.6 Å². The summed E-state index contributed by atoms with van der Waals surface area (Å²) in [6.07, 6.45) is 3.89. The van der Waals surface area contributed by atoms with Crippen LogP contribution >= 0.6 is 11.6 Å². The molecule has 3 rings (SSSR count). The van der Waals surface area contributed by atoms with E-state index in [0.717, 1.165) is 31.4 Å². The predicted molar refractivity (Wildman–Crippen MR) is 95.8 cm³/mol. The summed E-state index contributed by atoms with van der Waals surface area (Å²) in [6.45, 7) is 2.58. The van der Waals surface area contributed by atoms with E-state index in [2.05, 4.69) is 0 Å². The number of rotatable bonds is 6. The normalized spacial score (nSPS) is 20.7. The highest BCUT2D eigenvalue weighted by atomic mass is 35.5. The third-order valence-electron chi connectivity index (χ3n) is 5.29. The number of hydrogen-bond donors (Lipinski definition) is 0. The lowest BCUT2D eigenvalue weighted by Gasteiger charge is -2.39. The smallest absolute Gasteiger partial charge is 0.312 e. The summed E-state index contributed by atoms with van der Waals surface area (Å²) in [4.78, 5) is 12.5. The van der Waals surface area contributed by atoms with Crippen molar-refractivity contribution in [3.05, 3.63) is 29.0 Å². The van der Waals surface area contributed by atoms with Crippen molar-refractivity contribution in [1.29, 1.82) is 0 Å². The van der Waals surface area contributed by atoms with Crippen LogP contribution in [0.3, 0.4) is 0 Å². The van der Waals surface area contributed by atoms with Gasteiger partial charge in [0.15, 0.2) is 0 Å². The highest BCUT2D eigenvalue weighted by Gasteiger charge is 2.47. The van der Waals surface area contributed by atoms with Crippen molar-refractivity contribution < 1.29 is 22.3 Å². The monoisotopic (exact) mass is 403 g/mol. The molecule has 1 aliphatic heterocycles. The van der Waals surface area contributed by atoms with Gasteiger partial charge in [0.25, 0.3) is 0 Å². The molecule has 2 aliphatic rings. The number of benzene rings is 1. The van der Waals surface area contributed by atoms with Crippen LogP contribution < -0.4 is 0 Å². The van der Waals surface area contributed by atoms with E-state index < -0.39 is 21.3 Å². The van der Waals surface area contributed by atoms with E-state index in [1.54, 1.807) is 6.92 Å². The van der Waals surface area contributed by atoms with Crippen LogP contribution in [-0.4, -0.2) is 38.4 Å². The van der Waals surface area contributed by atoms with Gasteiger partial charge in [0.05, 0.1) is 21.9 Å². The number of hydrogen-bond acceptors (Lipinski definition) is 4. The number of nitrogens with zero attached hydrogens (tertiary/aromatic N) is 1. The van der Waals surface area contributed by atoms with Crippen LogP contribution in [-0.2, 0) is 19.6 Å². The summed E-state index contributed by atoms with van der Waals surface area (Å²) in [5.41, 5.74) is -0.594. The molecule has 0 atom stereocenters. The van der Waals surface area contributed by atoms with Crippen LogP contribution in [0.1, 0.15) is 39.0 Å². The Bertz CT molecular complexity index is 786. The number of piperidine rings is 1. The second-order valence-electron chi connectivity index (χ2n) is 7.13. The van der Waals surface area contributed by atoms with Gasteiger partial charge in [0.2, 0.25) is 10.0 Å². The van der Waals surface area contributed by atoms with Gasteiger partial charge in [0, 0.05) is 13.1 Å². The Morgan fingerprint density at radius 3 is 2.54 bits per heavy atom. The van der Waals surface area contributed by atoms with E-state index in [1.165, 1.54) is 10.4 Å². The maximum Gasteiger partial charge on any atom is 0.312 e. The molecule has 2 fully saturated rings. The molecule has 0 aromatic heterocycles. The van der Waals surface area contributed by atoms with Gasteiger partial charge in [-0.3, -0.25) is 4.79 Å². The first-order chi connectivity index (χ1) is 12.3. The largest absolute Gasteiger partial charge is 0.466 e. The van der Waals surface area contributed by atoms with E-state index in [9.17, 15) is 17.6 Å². The Balaban J connectivity index is 1.76. The molecule has 1 aromatic carbocycles. The van der Waals surface area contributed by atoms with Crippen molar-refractivity contribution in [3.8, 4) is 0 Å². The number of esters is 1. The van der Waals surface area contributed by atoms with Gasteiger partial charge in [-0.2, -0.15) is 4.31 Å². The van der Waals surface area contributed by atoms with Gasteiger partial charge in [-0.05, 0) is 50.3 Å². The first-order valence-corrected chi connectivity index (χ1v) is 10.7. The molecular weight excluding hydrogens is 381 g/mol. The number of halogens is 2. The van der Waals surface area contributed by atoms with Gasteiger partial charge >= 0.3 is 5.97 Å². The second kappa shape index (κ2) is 7.44. The standard InChI is InChI=1S/C18H23ClFNO4S/c1-2-25-17(22)18(12-13-3-4-13)7-9-21(10-8-18)26(23,24)14-5-6-16(20)15(19)11-14/h5-6,11,13H,2-4,7-10,12H2,1H3. The second-order valence-corrected chi connectivity index (χ2v) is 9.47. The molecule has 0 bridgehead atoms. The molecule has 0 N–H and O–H groups in total. The van der Waals surface area contributed by atoms with Gasteiger partial charge < -0.3 is 4.74 Å². The predicted octanol–water partition coefficient (Wildman–Crippen LogP) is 3.61. The van der Waals surface area contributed by atoms with Gasteiger partial charge in [-0.1, -0.05) is 24.4 Å². The molecule has 1 saturated heterocycles. The molecule has 1 aromatic rings. The van der Waals surface area contributed by atoms with E-state index in [0.29, 0.717) is 25.4 Å². The molecule has 0 spiro atoms. The SMILES string of the molecule is CCOC(=O)C1(CC2CC2)CCN(S(=O)(=O)c2ccc(F)c(Cl)c2)CC1. The molecule has 1 heterocycles. The molecular formula is C18H23ClFNO4S. The topological polar surface area (TPSA) is 63.7 Å². The average molecular weight is 404 g/mol. The fourth-order valence-corrected chi connectivity index (χ4v) is 5.30. The lowest BCUT2D eigenvalue weighted by Crippen LogP contribution is -2.47. The quantitative estimate of drug-likeness (QED) is 0.680. The third kappa shape index (κ3) is 3.89. The highest BCUT2D eigenvalue weighted by molar-refractivity contribution is 7.89. The zero-order chi connectivity index (χ0) is 18.9. The number of carbonyl (C=O) groups excluding carboxylic acids is 1. The summed E-state index contributed by atoms with van der Waals surface area (Å²) in [6, 6.07) is 3.40. The van der Waals surface area contributed by atoms with Crippen LogP contribution in [0.15, 0.2) is 23.1 Å². The highest BCUT2D eigenvalue weighted by Crippen LogP contribution is 2.47. The van der Waals surface area contributed by atoms with E-state index in [4.69, 9.17) is 16.3 Å².